The normalized spacial score (nSPS) is 12.2. The first-order valence-electron chi connectivity index (χ1n) is 5.81. The van der Waals surface area contributed by atoms with E-state index in [0.29, 0.717) is 16.3 Å². The van der Waals surface area contributed by atoms with Crippen LogP contribution >= 0.6 is 11.6 Å². The second-order valence-corrected chi connectivity index (χ2v) is 4.57. The van der Waals surface area contributed by atoms with Gasteiger partial charge in [-0.3, -0.25) is 5.84 Å². The molecule has 0 aromatic heterocycles. The number of hydrazine groups is 1. The average Bonchev–Trinajstić information content (AvgIpc) is 2.45. The Hall–Kier alpha value is -1.69. The molecule has 0 amide bonds. The lowest BCUT2D eigenvalue weighted by Gasteiger charge is -2.18. The summed E-state index contributed by atoms with van der Waals surface area (Å²) >= 11 is 5.95. The lowest BCUT2D eigenvalue weighted by atomic mass is 9.99. The van der Waals surface area contributed by atoms with Crippen molar-refractivity contribution in [2.24, 2.45) is 5.84 Å². The van der Waals surface area contributed by atoms with Crippen LogP contribution in [0.5, 0.6) is 5.75 Å². The zero-order chi connectivity index (χ0) is 14.7. The summed E-state index contributed by atoms with van der Waals surface area (Å²) in [6.45, 7) is 0. The zero-order valence-electron chi connectivity index (χ0n) is 10.7. The molecule has 0 spiro atoms. The van der Waals surface area contributed by atoms with Gasteiger partial charge in [-0.25, -0.2) is 14.2 Å². The summed E-state index contributed by atoms with van der Waals surface area (Å²) in [4.78, 5) is 0. The number of benzene rings is 2. The number of methoxy groups -OCH3 is 1. The molecule has 0 aliphatic heterocycles. The van der Waals surface area contributed by atoms with Crippen molar-refractivity contribution in [3.63, 3.8) is 0 Å². The van der Waals surface area contributed by atoms with E-state index < -0.39 is 17.7 Å². The number of rotatable bonds is 4. The molecule has 2 aromatic carbocycles. The van der Waals surface area contributed by atoms with Gasteiger partial charge in [0.05, 0.1) is 18.2 Å². The highest BCUT2D eigenvalue weighted by atomic mass is 35.5. The van der Waals surface area contributed by atoms with Crippen molar-refractivity contribution in [3.8, 4) is 5.75 Å². The standard InChI is InChI=1S/C14H13ClF2N2O/c1-20-13-7-9(2-4-10(13)15)14(19-18)8-3-5-11(16)12(17)6-8/h2-7,14,19H,18H2,1H3. The molecule has 0 aliphatic carbocycles. The smallest absolute Gasteiger partial charge is 0.159 e. The highest BCUT2D eigenvalue weighted by Crippen LogP contribution is 2.30. The van der Waals surface area contributed by atoms with Crippen LogP contribution in [0.15, 0.2) is 36.4 Å². The topological polar surface area (TPSA) is 47.3 Å². The number of nitrogens with one attached hydrogen (secondary N) is 1. The highest BCUT2D eigenvalue weighted by Gasteiger charge is 2.16. The fourth-order valence-corrected chi connectivity index (χ4v) is 2.13. The molecular formula is C14H13ClF2N2O. The van der Waals surface area contributed by atoms with Gasteiger partial charge in [0, 0.05) is 0 Å². The van der Waals surface area contributed by atoms with Gasteiger partial charge in [-0.05, 0) is 35.4 Å². The average molecular weight is 299 g/mol. The molecule has 2 aromatic rings. The first-order valence-corrected chi connectivity index (χ1v) is 6.19. The Kier molecular flexibility index (Phi) is 4.54. The first-order chi connectivity index (χ1) is 9.56. The van der Waals surface area contributed by atoms with E-state index in [1.807, 2.05) is 0 Å². The molecule has 20 heavy (non-hydrogen) atoms. The molecule has 0 saturated heterocycles. The summed E-state index contributed by atoms with van der Waals surface area (Å²) in [5.41, 5.74) is 3.78. The molecule has 2 rings (SSSR count). The molecule has 0 fully saturated rings. The molecule has 1 unspecified atom stereocenters. The summed E-state index contributed by atoms with van der Waals surface area (Å²) in [7, 11) is 1.49. The Morgan fingerprint density at radius 3 is 2.35 bits per heavy atom. The second-order valence-electron chi connectivity index (χ2n) is 4.17. The van der Waals surface area contributed by atoms with Crippen molar-refractivity contribution in [3.05, 3.63) is 64.2 Å². The molecule has 0 aliphatic rings. The molecule has 0 bridgehead atoms. The van der Waals surface area contributed by atoms with Crippen molar-refractivity contribution in [2.75, 3.05) is 7.11 Å². The first kappa shape index (κ1) is 14.7. The summed E-state index contributed by atoms with van der Waals surface area (Å²) in [5, 5.41) is 0.456. The van der Waals surface area contributed by atoms with E-state index in [0.717, 1.165) is 17.7 Å². The molecule has 3 nitrogen and oxygen atoms in total. The maximum Gasteiger partial charge on any atom is 0.159 e. The monoisotopic (exact) mass is 298 g/mol. The van der Waals surface area contributed by atoms with Gasteiger partial charge in [0.1, 0.15) is 5.75 Å². The van der Waals surface area contributed by atoms with Gasteiger partial charge in [-0.2, -0.15) is 0 Å². The quantitative estimate of drug-likeness (QED) is 0.673. The number of hydrogen-bond donors (Lipinski definition) is 2. The van der Waals surface area contributed by atoms with Crippen LogP contribution in [-0.2, 0) is 0 Å². The maximum absolute atomic E-state index is 13.3. The van der Waals surface area contributed by atoms with E-state index in [2.05, 4.69) is 5.43 Å². The largest absolute Gasteiger partial charge is 0.495 e. The van der Waals surface area contributed by atoms with Crippen LogP contribution in [0.25, 0.3) is 0 Å². The van der Waals surface area contributed by atoms with E-state index in [4.69, 9.17) is 22.2 Å². The predicted molar refractivity (Wildman–Crippen MR) is 73.5 cm³/mol. The summed E-state index contributed by atoms with van der Waals surface area (Å²) in [5.74, 6) is 4.16. The molecule has 6 heteroatoms. The van der Waals surface area contributed by atoms with Gasteiger partial charge in [-0.1, -0.05) is 23.7 Å². The summed E-state index contributed by atoms with van der Waals surface area (Å²) in [6, 6.07) is 8.19. The van der Waals surface area contributed by atoms with Crippen molar-refractivity contribution < 1.29 is 13.5 Å². The molecule has 0 radical (unpaired) electrons. The van der Waals surface area contributed by atoms with Crippen LogP contribution in [0.3, 0.4) is 0 Å². The van der Waals surface area contributed by atoms with Gasteiger partial charge in [0.15, 0.2) is 11.6 Å². The minimum absolute atomic E-state index is 0.456. The van der Waals surface area contributed by atoms with Crippen LogP contribution in [0.1, 0.15) is 17.2 Å². The van der Waals surface area contributed by atoms with Crippen LogP contribution in [0.4, 0.5) is 8.78 Å². The molecule has 106 valence electrons. The molecular weight excluding hydrogens is 286 g/mol. The van der Waals surface area contributed by atoms with Crippen molar-refractivity contribution in [1.29, 1.82) is 0 Å². The minimum Gasteiger partial charge on any atom is -0.495 e. The number of ether oxygens (including phenoxy) is 1. The highest BCUT2D eigenvalue weighted by molar-refractivity contribution is 6.32. The Morgan fingerprint density at radius 1 is 1.10 bits per heavy atom. The molecule has 1 atom stereocenters. The van der Waals surface area contributed by atoms with Gasteiger partial charge >= 0.3 is 0 Å². The Bertz CT molecular complexity index is 622. The van der Waals surface area contributed by atoms with Crippen molar-refractivity contribution >= 4 is 11.6 Å². The lowest BCUT2D eigenvalue weighted by Crippen LogP contribution is -2.29. The number of hydrogen-bond acceptors (Lipinski definition) is 3. The lowest BCUT2D eigenvalue weighted by molar-refractivity contribution is 0.414. The Morgan fingerprint density at radius 2 is 1.75 bits per heavy atom. The minimum atomic E-state index is -0.927. The van der Waals surface area contributed by atoms with Gasteiger partial charge in [-0.15, -0.1) is 0 Å². The van der Waals surface area contributed by atoms with Gasteiger partial charge in [0.25, 0.3) is 0 Å². The third-order valence-electron chi connectivity index (χ3n) is 2.95. The van der Waals surface area contributed by atoms with Crippen LogP contribution in [-0.4, -0.2) is 7.11 Å². The van der Waals surface area contributed by atoms with Gasteiger partial charge in [0.2, 0.25) is 0 Å². The van der Waals surface area contributed by atoms with E-state index in [-0.39, 0.29) is 0 Å². The molecule has 3 N–H and O–H groups in total. The second kappa shape index (κ2) is 6.17. The molecule has 0 heterocycles. The Balaban J connectivity index is 2.43. The van der Waals surface area contributed by atoms with Crippen molar-refractivity contribution in [1.82, 2.24) is 5.43 Å². The van der Waals surface area contributed by atoms with Crippen molar-refractivity contribution in [2.45, 2.75) is 6.04 Å². The fraction of sp³-hybridized carbons (Fsp3) is 0.143. The SMILES string of the molecule is COc1cc(C(NN)c2ccc(F)c(F)c2)ccc1Cl. The third-order valence-corrected chi connectivity index (χ3v) is 3.26. The molecule has 0 saturated carbocycles. The third kappa shape index (κ3) is 2.90. The van der Waals surface area contributed by atoms with E-state index >= 15 is 0 Å². The number of nitrogens with two attached hydrogens (primary N) is 1. The van der Waals surface area contributed by atoms with E-state index in [9.17, 15) is 8.78 Å². The summed E-state index contributed by atoms with van der Waals surface area (Å²) < 4.78 is 31.4. The van der Waals surface area contributed by atoms with Crippen LogP contribution in [0.2, 0.25) is 5.02 Å². The Labute approximate surface area is 120 Å². The van der Waals surface area contributed by atoms with E-state index in [1.54, 1.807) is 18.2 Å². The predicted octanol–water partition coefficient (Wildman–Crippen LogP) is 3.18. The maximum atomic E-state index is 13.3. The van der Waals surface area contributed by atoms with E-state index in [1.165, 1.54) is 13.2 Å². The zero-order valence-corrected chi connectivity index (χ0v) is 11.4. The van der Waals surface area contributed by atoms with Gasteiger partial charge < -0.3 is 4.74 Å². The van der Waals surface area contributed by atoms with Crippen LogP contribution in [0, 0.1) is 11.6 Å². The fourth-order valence-electron chi connectivity index (χ4n) is 1.93. The van der Waals surface area contributed by atoms with Crippen LogP contribution < -0.4 is 16.0 Å². The summed E-state index contributed by atoms with van der Waals surface area (Å²) in [6.07, 6.45) is 0. The number of halogens is 3.